The number of rotatable bonds is 8. The summed E-state index contributed by atoms with van der Waals surface area (Å²) in [5.74, 6) is -2.40. The van der Waals surface area contributed by atoms with Crippen LogP contribution in [0.15, 0.2) is 27.1 Å². The van der Waals surface area contributed by atoms with Gasteiger partial charge in [-0.1, -0.05) is 33.1 Å². The summed E-state index contributed by atoms with van der Waals surface area (Å²) < 4.78 is 34.4. The van der Waals surface area contributed by atoms with Gasteiger partial charge in [0.15, 0.2) is 23.2 Å². The molecule has 9 heteroatoms. The molecule has 0 radical (unpaired) electrons. The summed E-state index contributed by atoms with van der Waals surface area (Å²) in [5.41, 5.74) is -0.590. The molecule has 1 heterocycles. The van der Waals surface area contributed by atoms with E-state index in [0.29, 0.717) is 26.9 Å². The molecule has 1 aromatic heterocycles. The molecule has 1 unspecified atom stereocenters. The summed E-state index contributed by atoms with van der Waals surface area (Å²) in [7, 11) is 0. The summed E-state index contributed by atoms with van der Waals surface area (Å²) in [6, 6.07) is 7.10. The summed E-state index contributed by atoms with van der Waals surface area (Å²) >= 11 is 4.58. The Balaban J connectivity index is 2.10. The molecule has 1 aliphatic carbocycles. The maximum atomic E-state index is 14.0. The molecular weight excluding hydrogens is 536 g/mol. The first-order valence-corrected chi connectivity index (χ1v) is 12.6. The van der Waals surface area contributed by atoms with Gasteiger partial charge in [0.05, 0.1) is 11.5 Å². The number of benzene rings is 1. The van der Waals surface area contributed by atoms with E-state index in [-0.39, 0.29) is 27.8 Å². The van der Waals surface area contributed by atoms with Crippen LogP contribution in [0.25, 0.3) is 11.6 Å². The van der Waals surface area contributed by atoms with Gasteiger partial charge in [-0.2, -0.15) is 15.8 Å². The molecule has 1 aliphatic rings. The first-order valence-electron chi connectivity index (χ1n) is 11.0. The second-order valence-corrected chi connectivity index (χ2v) is 10.3. The maximum Gasteiger partial charge on any atom is 0.194 e. The molecule has 0 saturated carbocycles. The van der Waals surface area contributed by atoms with E-state index in [1.165, 1.54) is 6.08 Å². The zero-order chi connectivity index (χ0) is 25.7. The number of carbonyl (C=O) groups excluding carboxylic acids is 1. The molecule has 35 heavy (non-hydrogen) atoms. The monoisotopic (exact) mass is 555 g/mol. The van der Waals surface area contributed by atoms with Crippen molar-refractivity contribution in [1.29, 1.82) is 15.8 Å². The summed E-state index contributed by atoms with van der Waals surface area (Å²) in [6.45, 7) is 4.63. The van der Waals surface area contributed by atoms with Crippen molar-refractivity contribution in [2.24, 2.45) is 5.92 Å². The number of nitriles is 3. The van der Waals surface area contributed by atoms with Crippen LogP contribution in [0.4, 0.5) is 8.78 Å². The van der Waals surface area contributed by atoms with Crippen LogP contribution < -0.4 is 4.74 Å². The molecule has 1 aromatic carbocycles. The molecule has 3 rings (SSSR count). The number of halogens is 3. The van der Waals surface area contributed by atoms with E-state index in [2.05, 4.69) is 35.8 Å². The van der Waals surface area contributed by atoms with Crippen LogP contribution in [0.1, 0.15) is 65.9 Å². The lowest BCUT2D eigenvalue weighted by molar-refractivity contribution is 0.104. The lowest BCUT2D eigenvalue weighted by Crippen LogP contribution is -2.11. The highest BCUT2D eigenvalue weighted by molar-refractivity contribution is 9.11. The molecule has 0 N–H and O–H groups in total. The number of nitrogens with zero attached hydrogens (tertiary/aromatic N) is 3. The number of unbranched alkanes of at least 4 members (excludes halogenated alkanes) is 1. The Morgan fingerprint density at radius 1 is 1.17 bits per heavy atom. The first-order chi connectivity index (χ1) is 16.8. The fourth-order valence-electron chi connectivity index (χ4n) is 3.86. The molecule has 0 fully saturated rings. The van der Waals surface area contributed by atoms with Crippen molar-refractivity contribution in [3.8, 4) is 24.0 Å². The van der Waals surface area contributed by atoms with Gasteiger partial charge in [0.1, 0.15) is 33.1 Å². The second-order valence-electron chi connectivity index (χ2n) is 7.96. The van der Waals surface area contributed by atoms with Crippen molar-refractivity contribution in [3.05, 3.63) is 60.3 Å². The zero-order valence-electron chi connectivity index (χ0n) is 19.0. The minimum absolute atomic E-state index is 0.0365. The molecular formula is C26H20BrF2N3O2S. The van der Waals surface area contributed by atoms with Gasteiger partial charge in [-0.25, -0.2) is 8.78 Å². The highest BCUT2D eigenvalue weighted by Crippen LogP contribution is 2.45. The molecule has 0 aliphatic heterocycles. The van der Waals surface area contributed by atoms with Crippen molar-refractivity contribution in [3.63, 3.8) is 0 Å². The van der Waals surface area contributed by atoms with Gasteiger partial charge in [-0.15, -0.1) is 11.3 Å². The number of carbonyl (C=O) groups is 1. The topological polar surface area (TPSA) is 97.7 Å². The molecule has 5 nitrogen and oxygen atoms in total. The van der Waals surface area contributed by atoms with Crippen LogP contribution in [0.3, 0.4) is 0 Å². The molecule has 0 spiro atoms. The van der Waals surface area contributed by atoms with Crippen LogP contribution in [-0.4, -0.2) is 12.4 Å². The standard InChI is InChI=1S/C26H20BrF2N3O2S/c1-3-5-6-14(4-2)13-34-25-19(12-32)22(35-26(25)27)9-18-23(15(10-30)11-31)16-7-20(28)21(29)8-17(16)24(18)33/h7-9,14H,3-6,13H2,1-2H3. The Morgan fingerprint density at radius 2 is 1.83 bits per heavy atom. The molecule has 2 aromatic rings. The second kappa shape index (κ2) is 11.4. The minimum Gasteiger partial charge on any atom is -0.490 e. The average molecular weight is 556 g/mol. The van der Waals surface area contributed by atoms with Crippen molar-refractivity contribution >= 4 is 44.7 Å². The van der Waals surface area contributed by atoms with E-state index in [1.54, 1.807) is 12.1 Å². The predicted octanol–water partition coefficient (Wildman–Crippen LogP) is 7.34. The van der Waals surface area contributed by atoms with E-state index in [4.69, 9.17) is 4.74 Å². The SMILES string of the molecule is CCCCC(CC)COc1c(Br)sc(C=C2C(=O)c3cc(F)c(F)cc3C2=C(C#N)C#N)c1C#N. The third-order valence-electron chi connectivity index (χ3n) is 5.81. The lowest BCUT2D eigenvalue weighted by atomic mass is 9.98. The van der Waals surface area contributed by atoms with Gasteiger partial charge in [-0.3, -0.25) is 4.79 Å². The van der Waals surface area contributed by atoms with E-state index >= 15 is 0 Å². The summed E-state index contributed by atoms with van der Waals surface area (Å²) in [4.78, 5) is 13.5. The van der Waals surface area contributed by atoms with Crippen LogP contribution in [0.5, 0.6) is 5.75 Å². The van der Waals surface area contributed by atoms with E-state index in [0.717, 1.165) is 49.2 Å². The number of hydrogen-bond donors (Lipinski definition) is 0. The average Bonchev–Trinajstić information content (AvgIpc) is 3.28. The quantitative estimate of drug-likeness (QED) is 0.250. The van der Waals surface area contributed by atoms with Crippen molar-refractivity contribution < 1.29 is 18.3 Å². The molecule has 0 bridgehead atoms. The van der Waals surface area contributed by atoms with Gasteiger partial charge in [0, 0.05) is 16.7 Å². The highest BCUT2D eigenvalue weighted by atomic mass is 79.9. The Kier molecular flexibility index (Phi) is 8.57. The lowest BCUT2D eigenvalue weighted by Gasteiger charge is -2.15. The molecule has 0 saturated heterocycles. The normalized spacial score (nSPS) is 14.3. The minimum atomic E-state index is -1.21. The number of thiophene rings is 1. The Bertz CT molecular complexity index is 1360. The number of allylic oxidation sites excluding steroid dienone is 3. The van der Waals surface area contributed by atoms with Gasteiger partial charge in [-0.05, 0) is 52.0 Å². The fraction of sp³-hybridized carbons (Fsp3) is 0.308. The Hall–Kier alpha value is -3.32. The third kappa shape index (κ3) is 5.20. The van der Waals surface area contributed by atoms with Crippen molar-refractivity contribution in [1.82, 2.24) is 0 Å². The molecule has 0 amide bonds. The van der Waals surface area contributed by atoms with Crippen LogP contribution >= 0.6 is 27.3 Å². The Labute approximate surface area is 214 Å². The summed E-state index contributed by atoms with van der Waals surface area (Å²) in [6.07, 6.45) is 5.46. The van der Waals surface area contributed by atoms with Gasteiger partial charge in [0.2, 0.25) is 0 Å². The van der Waals surface area contributed by atoms with Gasteiger partial charge >= 0.3 is 0 Å². The molecule has 1 atom stereocenters. The maximum absolute atomic E-state index is 14.0. The van der Waals surface area contributed by atoms with Gasteiger partial charge in [0.25, 0.3) is 0 Å². The largest absolute Gasteiger partial charge is 0.490 e. The number of fused-ring (bicyclic) bond motifs is 1. The van der Waals surface area contributed by atoms with Crippen LogP contribution in [-0.2, 0) is 0 Å². The zero-order valence-corrected chi connectivity index (χ0v) is 21.4. The smallest absolute Gasteiger partial charge is 0.194 e. The van der Waals surface area contributed by atoms with Gasteiger partial charge < -0.3 is 4.74 Å². The summed E-state index contributed by atoms with van der Waals surface area (Å²) in [5, 5.41) is 28.8. The van der Waals surface area contributed by atoms with E-state index < -0.39 is 23.0 Å². The van der Waals surface area contributed by atoms with E-state index in [9.17, 15) is 29.4 Å². The van der Waals surface area contributed by atoms with E-state index in [1.807, 2.05) is 0 Å². The number of hydrogen-bond acceptors (Lipinski definition) is 6. The van der Waals surface area contributed by atoms with Crippen LogP contribution in [0, 0.1) is 51.5 Å². The fourth-order valence-corrected chi connectivity index (χ4v) is 5.56. The molecule has 178 valence electrons. The highest BCUT2D eigenvalue weighted by Gasteiger charge is 2.35. The number of ether oxygens (including phenoxy) is 1. The third-order valence-corrected chi connectivity index (χ3v) is 7.56. The predicted molar refractivity (Wildman–Crippen MR) is 132 cm³/mol. The number of Topliss-reactive ketones (excluding diaryl/α,β-unsaturated/α-hetero) is 1. The number of ketones is 1. The Morgan fingerprint density at radius 3 is 2.40 bits per heavy atom. The van der Waals surface area contributed by atoms with Crippen molar-refractivity contribution in [2.75, 3.05) is 6.61 Å². The first kappa shape index (κ1) is 26.3. The van der Waals surface area contributed by atoms with Crippen LogP contribution in [0.2, 0.25) is 0 Å². The van der Waals surface area contributed by atoms with Crippen molar-refractivity contribution in [2.45, 2.75) is 39.5 Å².